The molecule has 0 amide bonds. The molecule has 0 unspecified atom stereocenters. The molecule has 0 radical (unpaired) electrons. The molecule has 2 aliphatic carbocycles. The Morgan fingerprint density at radius 2 is 1.84 bits per heavy atom. The van der Waals surface area contributed by atoms with E-state index in [1.54, 1.807) is 4.57 Å². The van der Waals surface area contributed by atoms with Crippen molar-refractivity contribution in [3.05, 3.63) is 64.6 Å². The van der Waals surface area contributed by atoms with E-state index in [1.165, 1.54) is 31.2 Å². The highest BCUT2D eigenvalue weighted by Gasteiger charge is 2.26. The first-order valence-corrected chi connectivity index (χ1v) is 9.04. The van der Waals surface area contributed by atoms with Crippen LogP contribution >= 0.6 is 0 Å². The van der Waals surface area contributed by atoms with Crippen molar-refractivity contribution < 1.29 is 4.74 Å². The second-order valence-corrected chi connectivity index (χ2v) is 7.18. The van der Waals surface area contributed by atoms with E-state index in [2.05, 4.69) is 23.2 Å². The van der Waals surface area contributed by atoms with E-state index in [-0.39, 0.29) is 5.69 Å². The molecule has 1 heterocycles. The second-order valence-electron chi connectivity index (χ2n) is 7.18. The molecule has 2 aromatic carbocycles. The number of nitrogens with zero attached hydrogens (tertiary/aromatic N) is 2. The third-order valence-corrected chi connectivity index (χ3v) is 5.10. The van der Waals surface area contributed by atoms with E-state index in [0.717, 1.165) is 16.6 Å². The van der Waals surface area contributed by atoms with Crippen LogP contribution in [-0.2, 0) is 0 Å². The minimum Gasteiger partial charge on any atom is -0.477 e. The summed E-state index contributed by atoms with van der Waals surface area (Å²) >= 11 is 0. The fourth-order valence-corrected chi connectivity index (χ4v) is 3.30. The van der Waals surface area contributed by atoms with Crippen molar-refractivity contribution in [2.45, 2.75) is 31.6 Å². The Morgan fingerprint density at radius 3 is 2.56 bits per heavy atom. The normalized spacial score (nSPS) is 17.0. The fourth-order valence-electron chi connectivity index (χ4n) is 3.30. The Kier molecular flexibility index (Phi) is 3.37. The summed E-state index contributed by atoms with van der Waals surface area (Å²) in [6.07, 6.45) is 4.89. The maximum atomic E-state index is 12.8. The minimum absolute atomic E-state index is 0.280. The third kappa shape index (κ3) is 2.82. The van der Waals surface area contributed by atoms with Gasteiger partial charge in [-0.25, -0.2) is 4.79 Å². The van der Waals surface area contributed by atoms with Crippen LogP contribution < -0.4 is 10.4 Å². The van der Waals surface area contributed by atoms with Crippen LogP contribution in [0, 0.1) is 5.92 Å². The van der Waals surface area contributed by atoms with Gasteiger partial charge in [-0.05, 0) is 67.3 Å². The van der Waals surface area contributed by atoms with Gasteiger partial charge in [-0.1, -0.05) is 24.3 Å². The van der Waals surface area contributed by atoms with Crippen molar-refractivity contribution in [2.75, 3.05) is 6.61 Å². The molecule has 0 atom stereocenters. The topological polar surface area (TPSA) is 44.1 Å². The van der Waals surface area contributed by atoms with Crippen LogP contribution in [-0.4, -0.2) is 16.2 Å². The van der Waals surface area contributed by atoms with E-state index in [1.807, 2.05) is 30.3 Å². The van der Waals surface area contributed by atoms with Gasteiger partial charge in [0.2, 0.25) is 5.88 Å². The highest BCUT2D eigenvalue weighted by molar-refractivity contribution is 5.86. The van der Waals surface area contributed by atoms with Gasteiger partial charge in [0.25, 0.3) is 0 Å². The van der Waals surface area contributed by atoms with E-state index < -0.39 is 0 Å². The summed E-state index contributed by atoms with van der Waals surface area (Å²) in [7, 11) is 0. The SMILES string of the molecule is O=c1nc(OCC2CC2)c2ccc(C3CC3)cc2n1-c1ccccc1. The first kappa shape index (κ1) is 14.7. The number of ether oxygens (including phenoxy) is 1. The van der Waals surface area contributed by atoms with Gasteiger partial charge in [-0.2, -0.15) is 4.98 Å². The lowest BCUT2D eigenvalue weighted by molar-refractivity contribution is 0.291. The zero-order valence-corrected chi connectivity index (χ0v) is 14.0. The van der Waals surface area contributed by atoms with Crippen LogP contribution in [0.1, 0.15) is 37.2 Å². The van der Waals surface area contributed by atoms with Crippen LogP contribution in [0.25, 0.3) is 16.6 Å². The molecule has 2 aliphatic rings. The molecule has 0 spiro atoms. The zero-order chi connectivity index (χ0) is 16.8. The largest absolute Gasteiger partial charge is 0.477 e. The Hall–Kier alpha value is -2.62. The van der Waals surface area contributed by atoms with Gasteiger partial charge in [0, 0.05) is 0 Å². The molecule has 4 nitrogen and oxygen atoms in total. The average molecular weight is 332 g/mol. The molecule has 25 heavy (non-hydrogen) atoms. The van der Waals surface area contributed by atoms with Crippen molar-refractivity contribution in [1.82, 2.24) is 9.55 Å². The third-order valence-electron chi connectivity index (χ3n) is 5.10. The predicted octanol–water partition coefficient (Wildman–Crippen LogP) is 4.05. The summed E-state index contributed by atoms with van der Waals surface area (Å²) in [5.74, 6) is 1.73. The van der Waals surface area contributed by atoms with Gasteiger partial charge in [0.15, 0.2) is 0 Å². The van der Waals surface area contributed by atoms with Crippen molar-refractivity contribution in [1.29, 1.82) is 0 Å². The Balaban J connectivity index is 1.71. The fraction of sp³-hybridized carbons (Fsp3) is 0.333. The number of fused-ring (bicyclic) bond motifs is 1. The molecule has 2 fully saturated rings. The van der Waals surface area contributed by atoms with Crippen molar-refractivity contribution in [3.8, 4) is 11.6 Å². The lowest BCUT2D eigenvalue weighted by Gasteiger charge is -2.14. The number of rotatable bonds is 5. The number of aromatic nitrogens is 2. The van der Waals surface area contributed by atoms with Crippen LogP contribution in [0.4, 0.5) is 0 Å². The van der Waals surface area contributed by atoms with Crippen LogP contribution in [0.15, 0.2) is 53.3 Å². The molecule has 0 N–H and O–H groups in total. The highest BCUT2D eigenvalue weighted by Crippen LogP contribution is 2.41. The van der Waals surface area contributed by atoms with Crippen LogP contribution in [0.3, 0.4) is 0 Å². The van der Waals surface area contributed by atoms with Crippen LogP contribution in [0.5, 0.6) is 5.88 Å². The molecule has 126 valence electrons. The highest BCUT2D eigenvalue weighted by atomic mass is 16.5. The number of hydrogen-bond donors (Lipinski definition) is 0. The molecule has 1 aromatic heterocycles. The van der Waals surface area contributed by atoms with E-state index >= 15 is 0 Å². The smallest absolute Gasteiger partial charge is 0.355 e. The van der Waals surface area contributed by atoms with E-state index in [4.69, 9.17) is 4.74 Å². The summed E-state index contributed by atoms with van der Waals surface area (Å²) in [6.45, 7) is 0.654. The molecule has 0 bridgehead atoms. The van der Waals surface area contributed by atoms with Gasteiger partial charge < -0.3 is 4.74 Å². The van der Waals surface area contributed by atoms with Gasteiger partial charge in [-0.15, -0.1) is 0 Å². The van der Waals surface area contributed by atoms with Crippen molar-refractivity contribution in [3.63, 3.8) is 0 Å². The standard InChI is InChI=1S/C21H20N2O2/c24-21-22-20(25-13-14-6-7-14)18-11-10-16(15-8-9-15)12-19(18)23(21)17-4-2-1-3-5-17/h1-5,10-12,14-15H,6-9,13H2. The Morgan fingerprint density at radius 1 is 1.04 bits per heavy atom. The molecule has 5 rings (SSSR count). The monoisotopic (exact) mass is 332 g/mol. The molecule has 3 aromatic rings. The van der Waals surface area contributed by atoms with Gasteiger partial charge in [-0.3, -0.25) is 4.57 Å². The maximum absolute atomic E-state index is 12.8. The summed E-state index contributed by atoms with van der Waals surface area (Å²) in [4.78, 5) is 17.0. The number of para-hydroxylation sites is 1. The van der Waals surface area contributed by atoms with Gasteiger partial charge in [0.1, 0.15) is 0 Å². The second kappa shape index (κ2) is 5.73. The average Bonchev–Trinajstić information content (AvgIpc) is 3.54. The summed E-state index contributed by atoms with van der Waals surface area (Å²) in [6, 6.07) is 16.1. The van der Waals surface area contributed by atoms with E-state index in [9.17, 15) is 4.79 Å². The maximum Gasteiger partial charge on any atom is 0.355 e. The predicted molar refractivity (Wildman–Crippen MR) is 97.5 cm³/mol. The Bertz CT molecular complexity index is 986. The molecular formula is C21H20N2O2. The van der Waals surface area contributed by atoms with Crippen molar-refractivity contribution in [2.24, 2.45) is 5.92 Å². The summed E-state index contributed by atoms with van der Waals surface area (Å²) in [5, 5.41) is 0.911. The number of benzene rings is 2. The lowest BCUT2D eigenvalue weighted by Crippen LogP contribution is -2.23. The first-order valence-electron chi connectivity index (χ1n) is 9.04. The quantitative estimate of drug-likeness (QED) is 0.708. The van der Waals surface area contributed by atoms with Crippen LogP contribution in [0.2, 0.25) is 0 Å². The molecule has 0 aliphatic heterocycles. The Labute approximate surface area is 146 Å². The van der Waals surface area contributed by atoms with E-state index in [0.29, 0.717) is 24.3 Å². The van der Waals surface area contributed by atoms with Gasteiger partial charge >= 0.3 is 5.69 Å². The number of hydrogen-bond acceptors (Lipinski definition) is 3. The summed E-state index contributed by atoms with van der Waals surface area (Å²) in [5.41, 5.74) is 2.75. The molecular weight excluding hydrogens is 312 g/mol. The molecule has 0 saturated heterocycles. The van der Waals surface area contributed by atoms with Gasteiger partial charge in [0.05, 0.1) is 23.2 Å². The first-order chi connectivity index (χ1) is 12.3. The molecule has 2 saturated carbocycles. The zero-order valence-electron chi connectivity index (χ0n) is 14.0. The summed E-state index contributed by atoms with van der Waals surface area (Å²) < 4.78 is 7.61. The van der Waals surface area contributed by atoms with Crippen molar-refractivity contribution >= 4 is 10.9 Å². The molecule has 4 heteroatoms. The lowest BCUT2D eigenvalue weighted by atomic mass is 10.1. The minimum atomic E-state index is -0.280.